The van der Waals surface area contributed by atoms with Crippen LogP contribution in [0, 0.1) is 10.1 Å². The van der Waals surface area contributed by atoms with Gasteiger partial charge in [0.2, 0.25) is 0 Å². The number of hydrogen-bond donors (Lipinski definition) is 1. The van der Waals surface area contributed by atoms with Gasteiger partial charge in [-0.25, -0.2) is 0 Å². The van der Waals surface area contributed by atoms with Crippen LogP contribution in [-0.2, 0) is 0 Å². The van der Waals surface area contributed by atoms with Gasteiger partial charge in [-0.15, -0.1) is 0 Å². The fourth-order valence-electron chi connectivity index (χ4n) is 1.66. The fraction of sp³-hybridized carbons (Fsp3) is 0. The average molecular weight is 293 g/mol. The van der Waals surface area contributed by atoms with E-state index in [4.69, 9.17) is 5.73 Å². The summed E-state index contributed by atoms with van der Waals surface area (Å²) in [5.41, 5.74) is 7.04. The highest BCUT2D eigenvalue weighted by Gasteiger charge is 2.21. The standard InChI is InChI=1S/C12H9BrN2O2/c13-9-6-7-10(14)12(15(16)17)11(9)8-4-2-1-3-5-8/h1-7H,14H2. The highest BCUT2D eigenvalue weighted by Crippen LogP contribution is 2.39. The smallest absolute Gasteiger partial charge is 0.300 e. The minimum atomic E-state index is -0.456. The Bertz CT molecular complexity index is 570. The molecule has 2 rings (SSSR count). The van der Waals surface area contributed by atoms with Crippen molar-refractivity contribution in [1.82, 2.24) is 0 Å². The molecular formula is C12H9BrN2O2. The van der Waals surface area contributed by atoms with E-state index in [9.17, 15) is 10.1 Å². The van der Waals surface area contributed by atoms with Crippen molar-refractivity contribution in [3.05, 3.63) is 57.1 Å². The van der Waals surface area contributed by atoms with Crippen LogP contribution in [0.4, 0.5) is 11.4 Å². The van der Waals surface area contributed by atoms with Gasteiger partial charge in [0, 0.05) is 4.47 Å². The lowest BCUT2D eigenvalue weighted by Crippen LogP contribution is -1.98. The third-order valence-corrected chi connectivity index (χ3v) is 3.06. The fourth-order valence-corrected chi connectivity index (χ4v) is 2.21. The monoisotopic (exact) mass is 292 g/mol. The van der Waals surface area contributed by atoms with E-state index < -0.39 is 4.92 Å². The number of nitro benzene ring substituents is 1. The van der Waals surface area contributed by atoms with Gasteiger partial charge in [-0.1, -0.05) is 30.3 Å². The largest absolute Gasteiger partial charge is 0.393 e. The van der Waals surface area contributed by atoms with Crippen LogP contribution in [0.3, 0.4) is 0 Å². The Morgan fingerprint density at radius 3 is 2.35 bits per heavy atom. The summed E-state index contributed by atoms with van der Waals surface area (Å²) in [6.45, 7) is 0. The van der Waals surface area contributed by atoms with Gasteiger partial charge in [-0.05, 0) is 33.6 Å². The Morgan fingerprint density at radius 1 is 1.12 bits per heavy atom. The zero-order valence-corrected chi connectivity index (χ0v) is 10.3. The third kappa shape index (κ3) is 2.14. The van der Waals surface area contributed by atoms with E-state index >= 15 is 0 Å². The lowest BCUT2D eigenvalue weighted by atomic mass is 10.0. The molecule has 0 radical (unpaired) electrons. The predicted octanol–water partition coefficient (Wildman–Crippen LogP) is 3.61. The first-order valence-electron chi connectivity index (χ1n) is 4.89. The van der Waals surface area contributed by atoms with E-state index in [2.05, 4.69) is 15.9 Å². The Balaban J connectivity index is 2.76. The minimum absolute atomic E-state index is 0.0643. The van der Waals surface area contributed by atoms with Crippen molar-refractivity contribution in [1.29, 1.82) is 0 Å². The molecule has 0 saturated carbocycles. The molecule has 2 aromatic carbocycles. The third-order valence-electron chi connectivity index (χ3n) is 2.40. The molecule has 17 heavy (non-hydrogen) atoms. The van der Waals surface area contributed by atoms with Gasteiger partial charge in [0.25, 0.3) is 0 Å². The maximum atomic E-state index is 11.1. The van der Waals surface area contributed by atoms with Gasteiger partial charge < -0.3 is 5.73 Å². The quantitative estimate of drug-likeness (QED) is 0.522. The van der Waals surface area contributed by atoms with E-state index in [0.717, 1.165) is 5.56 Å². The summed E-state index contributed by atoms with van der Waals surface area (Å²) in [6.07, 6.45) is 0. The summed E-state index contributed by atoms with van der Waals surface area (Å²) in [7, 11) is 0. The van der Waals surface area contributed by atoms with E-state index in [1.807, 2.05) is 30.3 Å². The second-order valence-electron chi connectivity index (χ2n) is 3.48. The van der Waals surface area contributed by atoms with Gasteiger partial charge in [0.05, 0.1) is 10.5 Å². The Morgan fingerprint density at radius 2 is 1.76 bits per heavy atom. The molecule has 0 aliphatic heterocycles. The Kier molecular flexibility index (Phi) is 3.10. The van der Waals surface area contributed by atoms with Crippen LogP contribution in [-0.4, -0.2) is 4.92 Å². The molecule has 0 heterocycles. The summed E-state index contributed by atoms with van der Waals surface area (Å²) in [5.74, 6) is 0. The molecule has 0 unspecified atom stereocenters. The molecule has 0 fully saturated rings. The summed E-state index contributed by atoms with van der Waals surface area (Å²) in [5, 5.41) is 11.1. The number of halogens is 1. The van der Waals surface area contributed by atoms with Gasteiger partial charge >= 0.3 is 5.69 Å². The summed E-state index contributed by atoms with van der Waals surface area (Å²) in [4.78, 5) is 10.6. The van der Waals surface area contributed by atoms with Crippen molar-refractivity contribution in [3.8, 4) is 11.1 Å². The summed E-state index contributed by atoms with van der Waals surface area (Å²) < 4.78 is 0.657. The molecule has 0 bridgehead atoms. The summed E-state index contributed by atoms with van der Waals surface area (Å²) in [6, 6.07) is 12.4. The van der Waals surface area contributed by atoms with E-state index in [0.29, 0.717) is 10.0 Å². The molecule has 0 aliphatic carbocycles. The predicted molar refractivity (Wildman–Crippen MR) is 70.6 cm³/mol. The number of hydrogen-bond acceptors (Lipinski definition) is 3. The second kappa shape index (κ2) is 4.55. The average Bonchev–Trinajstić information content (AvgIpc) is 2.32. The van der Waals surface area contributed by atoms with Crippen molar-refractivity contribution in [2.45, 2.75) is 0 Å². The van der Waals surface area contributed by atoms with Crippen molar-refractivity contribution >= 4 is 27.3 Å². The molecule has 2 N–H and O–H groups in total. The molecule has 86 valence electrons. The molecule has 0 aliphatic rings. The first-order chi connectivity index (χ1) is 8.11. The van der Waals surface area contributed by atoms with E-state index in [1.165, 1.54) is 6.07 Å². The minimum Gasteiger partial charge on any atom is -0.393 e. The Hall–Kier alpha value is -1.88. The summed E-state index contributed by atoms with van der Waals surface area (Å²) >= 11 is 3.33. The van der Waals surface area contributed by atoms with Crippen LogP contribution in [0.1, 0.15) is 0 Å². The van der Waals surface area contributed by atoms with Gasteiger partial charge in [0.15, 0.2) is 0 Å². The number of nitrogen functional groups attached to an aromatic ring is 1. The maximum Gasteiger partial charge on any atom is 0.300 e. The molecular weight excluding hydrogens is 284 g/mol. The zero-order valence-electron chi connectivity index (χ0n) is 8.76. The van der Waals surface area contributed by atoms with Crippen LogP contribution in [0.2, 0.25) is 0 Å². The molecule has 0 atom stereocenters. The number of benzene rings is 2. The molecule has 0 spiro atoms. The van der Waals surface area contributed by atoms with Crippen LogP contribution >= 0.6 is 15.9 Å². The SMILES string of the molecule is Nc1ccc(Br)c(-c2ccccc2)c1[N+](=O)[O-]. The van der Waals surface area contributed by atoms with E-state index in [-0.39, 0.29) is 11.4 Å². The van der Waals surface area contributed by atoms with Crippen LogP contribution in [0.5, 0.6) is 0 Å². The van der Waals surface area contributed by atoms with E-state index in [1.54, 1.807) is 6.07 Å². The van der Waals surface area contributed by atoms with Crippen molar-refractivity contribution in [2.75, 3.05) is 5.73 Å². The van der Waals surface area contributed by atoms with Crippen molar-refractivity contribution in [3.63, 3.8) is 0 Å². The van der Waals surface area contributed by atoms with Crippen molar-refractivity contribution in [2.24, 2.45) is 0 Å². The number of nitrogens with zero attached hydrogens (tertiary/aromatic N) is 1. The maximum absolute atomic E-state index is 11.1. The lowest BCUT2D eigenvalue weighted by molar-refractivity contribution is -0.383. The van der Waals surface area contributed by atoms with Crippen LogP contribution in [0.25, 0.3) is 11.1 Å². The molecule has 0 amide bonds. The van der Waals surface area contributed by atoms with Gasteiger partial charge in [-0.3, -0.25) is 10.1 Å². The Labute approximate surface area is 106 Å². The van der Waals surface area contributed by atoms with Gasteiger partial charge in [-0.2, -0.15) is 0 Å². The second-order valence-corrected chi connectivity index (χ2v) is 4.34. The van der Waals surface area contributed by atoms with Crippen LogP contribution in [0.15, 0.2) is 46.9 Å². The molecule has 5 heteroatoms. The molecule has 2 aromatic rings. The lowest BCUT2D eigenvalue weighted by Gasteiger charge is -2.07. The molecule has 4 nitrogen and oxygen atoms in total. The van der Waals surface area contributed by atoms with Gasteiger partial charge in [0.1, 0.15) is 5.69 Å². The number of anilines is 1. The highest BCUT2D eigenvalue weighted by atomic mass is 79.9. The molecule has 0 saturated heterocycles. The molecule has 0 aromatic heterocycles. The zero-order chi connectivity index (χ0) is 12.4. The van der Waals surface area contributed by atoms with Crippen molar-refractivity contribution < 1.29 is 4.92 Å². The topological polar surface area (TPSA) is 69.2 Å². The van der Waals surface area contributed by atoms with Crippen LogP contribution < -0.4 is 5.73 Å². The first kappa shape index (κ1) is 11.6. The number of nitro groups is 1. The highest BCUT2D eigenvalue weighted by molar-refractivity contribution is 9.10. The normalized spacial score (nSPS) is 10.2. The number of nitrogens with two attached hydrogens (primary N) is 1. The number of rotatable bonds is 2. The first-order valence-corrected chi connectivity index (χ1v) is 5.68.